The summed E-state index contributed by atoms with van der Waals surface area (Å²) in [5.41, 5.74) is 1.44. The Morgan fingerprint density at radius 2 is 1.95 bits per heavy atom. The van der Waals surface area contributed by atoms with Crippen LogP contribution in [0.4, 0.5) is 0 Å². The predicted molar refractivity (Wildman–Crippen MR) is 87.0 cm³/mol. The van der Waals surface area contributed by atoms with Gasteiger partial charge in [0.15, 0.2) is 0 Å². The molecule has 2 rings (SSSR count). The standard InChI is InChI=1S/C16H30N2S/c1-13(2)7-10-18-11-8-14(9-12-18)17-15-5-4-6-16(15)19-3/h7,14-17H,4-6,8-12H2,1-3H3. The van der Waals surface area contributed by atoms with Crippen LogP contribution in [0.25, 0.3) is 0 Å². The van der Waals surface area contributed by atoms with Crippen molar-refractivity contribution in [1.29, 1.82) is 0 Å². The largest absolute Gasteiger partial charge is 0.310 e. The van der Waals surface area contributed by atoms with Crippen LogP contribution in [0.15, 0.2) is 11.6 Å². The molecule has 2 atom stereocenters. The summed E-state index contributed by atoms with van der Waals surface area (Å²) in [7, 11) is 0. The third-order valence-corrected chi connectivity index (χ3v) is 5.72. The number of hydrogen-bond donors (Lipinski definition) is 1. The summed E-state index contributed by atoms with van der Waals surface area (Å²) >= 11 is 2.06. The Bertz CT molecular complexity index is 291. The molecule has 0 amide bonds. The highest BCUT2D eigenvalue weighted by Gasteiger charge is 2.29. The molecule has 1 saturated carbocycles. The minimum absolute atomic E-state index is 0.765. The second-order valence-electron chi connectivity index (χ2n) is 6.33. The molecular formula is C16H30N2S. The number of piperidine rings is 1. The summed E-state index contributed by atoms with van der Waals surface area (Å²) in [5, 5.41) is 4.81. The summed E-state index contributed by atoms with van der Waals surface area (Å²) < 4.78 is 0. The number of likely N-dealkylation sites (tertiary alicyclic amines) is 1. The maximum absolute atomic E-state index is 3.94. The summed E-state index contributed by atoms with van der Waals surface area (Å²) in [5.74, 6) is 0. The van der Waals surface area contributed by atoms with Crippen LogP contribution in [0, 0.1) is 0 Å². The van der Waals surface area contributed by atoms with Crippen LogP contribution in [0.2, 0.25) is 0 Å². The molecule has 1 N–H and O–H groups in total. The van der Waals surface area contributed by atoms with Gasteiger partial charge in [-0.3, -0.25) is 4.90 Å². The molecule has 0 aromatic heterocycles. The minimum Gasteiger partial charge on any atom is -0.310 e. The number of hydrogen-bond acceptors (Lipinski definition) is 3. The monoisotopic (exact) mass is 282 g/mol. The summed E-state index contributed by atoms with van der Waals surface area (Å²) in [6, 6.07) is 1.55. The maximum Gasteiger partial charge on any atom is 0.0198 e. The normalized spacial score (nSPS) is 29.6. The van der Waals surface area contributed by atoms with Gasteiger partial charge in [-0.25, -0.2) is 0 Å². The molecule has 1 saturated heterocycles. The predicted octanol–water partition coefficient (Wildman–Crippen LogP) is 3.29. The Balaban J connectivity index is 1.70. The maximum atomic E-state index is 3.94. The van der Waals surface area contributed by atoms with E-state index in [-0.39, 0.29) is 0 Å². The first-order valence-electron chi connectivity index (χ1n) is 7.83. The molecule has 2 aliphatic rings. The van der Waals surface area contributed by atoms with Gasteiger partial charge in [0.05, 0.1) is 0 Å². The van der Waals surface area contributed by atoms with E-state index >= 15 is 0 Å². The first-order valence-corrected chi connectivity index (χ1v) is 9.12. The van der Waals surface area contributed by atoms with Gasteiger partial charge in [-0.15, -0.1) is 0 Å². The van der Waals surface area contributed by atoms with Crippen molar-refractivity contribution in [2.45, 2.75) is 63.3 Å². The average molecular weight is 282 g/mol. The fourth-order valence-electron chi connectivity index (χ4n) is 3.30. The van der Waals surface area contributed by atoms with Gasteiger partial charge < -0.3 is 5.32 Å². The smallest absolute Gasteiger partial charge is 0.0198 e. The first-order chi connectivity index (χ1) is 9.19. The van der Waals surface area contributed by atoms with Crippen LogP contribution < -0.4 is 5.32 Å². The topological polar surface area (TPSA) is 15.3 Å². The molecule has 0 radical (unpaired) electrons. The summed E-state index contributed by atoms with van der Waals surface area (Å²) in [6.45, 7) is 8.05. The SMILES string of the molecule is CSC1CCCC1NC1CCN(CC=C(C)C)CC1. The fraction of sp³-hybridized carbons (Fsp3) is 0.875. The molecule has 3 heteroatoms. The first kappa shape index (κ1) is 15.4. The van der Waals surface area contributed by atoms with E-state index in [1.54, 1.807) is 0 Å². The second kappa shape index (κ2) is 7.70. The van der Waals surface area contributed by atoms with Gasteiger partial charge in [0.1, 0.15) is 0 Å². The van der Waals surface area contributed by atoms with Gasteiger partial charge in [-0.05, 0) is 58.9 Å². The fourth-order valence-corrected chi connectivity index (χ4v) is 4.24. The zero-order chi connectivity index (χ0) is 13.7. The molecule has 0 bridgehead atoms. The van der Waals surface area contributed by atoms with Crippen molar-refractivity contribution in [3.8, 4) is 0 Å². The highest BCUT2D eigenvalue weighted by Crippen LogP contribution is 2.29. The third kappa shape index (κ3) is 4.80. The number of thioether (sulfide) groups is 1. The van der Waals surface area contributed by atoms with Crippen molar-refractivity contribution in [3.05, 3.63) is 11.6 Å². The van der Waals surface area contributed by atoms with E-state index in [2.05, 4.69) is 48.2 Å². The average Bonchev–Trinajstić information content (AvgIpc) is 2.85. The van der Waals surface area contributed by atoms with Crippen LogP contribution in [-0.2, 0) is 0 Å². The molecule has 2 nitrogen and oxygen atoms in total. The zero-order valence-corrected chi connectivity index (χ0v) is 13.6. The Morgan fingerprint density at radius 1 is 1.21 bits per heavy atom. The van der Waals surface area contributed by atoms with Crippen molar-refractivity contribution in [2.24, 2.45) is 0 Å². The lowest BCUT2D eigenvalue weighted by molar-refractivity contribution is 0.207. The lowest BCUT2D eigenvalue weighted by atomic mass is 10.0. The number of allylic oxidation sites excluding steroid dienone is 1. The molecule has 110 valence electrons. The summed E-state index contributed by atoms with van der Waals surface area (Å²) in [4.78, 5) is 2.59. The Morgan fingerprint density at radius 3 is 2.58 bits per heavy atom. The van der Waals surface area contributed by atoms with E-state index in [9.17, 15) is 0 Å². The number of nitrogens with one attached hydrogen (secondary N) is 1. The summed E-state index contributed by atoms with van der Waals surface area (Å²) in [6.07, 6.45) is 11.5. The molecule has 0 aromatic rings. The molecule has 2 fully saturated rings. The van der Waals surface area contributed by atoms with E-state index in [1.807, 2.05) is 0 Å². The van der Waals surface area contributed by atoms with Crippen LogP contribution >= 0.6 is 11.8 Å². The number of nitrogens with zero attached hydrogens (tertiary/aromatic N) is 1. The quantitative estimate of drug-likeness (QED) is 0.779. The van der Waals surface area contributed by atoms with Gasteiger partial charge in [-0.2, -0.15) is 11.8 Å². The lowest BCUT2D eigenvalue weighted by Crippen LogP contribution is -2.47. The van der Waals surface area contributed by atoms with E-state index in [0.29, 0.717) is 0 Å². The molecule has 2 unspecified atom stereocenters. The van der Waals surface area contributed by atoms with Crippen LogP contribution in [0.5, 0.6) is 0 Å². The molecule has 1 heterocycles. The van der Waals surface area contributed by atoms with Crippen LogP contribution in [0.1, 0.15) is 46.0 Å². The lowest BCUT2D eigenvalue weighted by Gasteiger charge is -2.34. The van der Waals surface area contributed by atoms with E-state index in [1.165, 1.54) is 50.8 Å². The Kier molecular flexibility index (Phi) is 6.24. The van der Waals surface area contributed by atoms with Gasteiger partial charge in [-0.1, -0.05) is 18.1 Å². The molecule has 0 aromatic carbocycles. The molecule has 1 aliphatic carbocycles. The molecular weight excluding hydrogens is 252 g/mol. The van der Waals surface area contributed by atoms with Crippen molar-refractivity contribution in [3.63, 3.8) is 0 Å². The minimum atomic E-state index is 0.765. The van der Waals surface area contributed by atoms with Gasteiger partial charge in [0.2, 0.25) is 0 Å². The highest BCUT2D eigenvalue weighted by molar-refractivity contribution is 7.99. The van der Waals surface area contributed by atoms with Gasteiger partial charge >= 0.3 is 0 Å². The highest BCUT2D eigenvalue weighted by atomic mass is 32.2. The molecule has 0 spiro atoms. The van der Waals surface area contributed by atoms with Crippen LogP contribution in [-0.4, -0.2) is 48.1 Å². The second-order valence-corrected chi connectivity index (χ2v) is 7.41. The van der Waals surface area contributed by atoms with Crippen molar-refractivity contribution in [1.82, 2.24) is 10.2 Å². The van der Waals surface area contributed by atoms with Gasteiger partial charge in [0, 0.05) is 23.9 Å². The van der Waals surface area contributed by atoms with E-state index in [0.717, 1.165) is 23.9 Å². The van der Waals surface area contributed by atoms with E-state index < -0.39 is 0 Å². The number of rotatable bonds is 5. The Labute approximate surface area is 123 Å². The van der Waals surface area contributed by atoms with Crippen molar-refractivity contribution in [2.75, 3.05) is 25.9 Å². The van der Waals surface area contributed by atoms with Gasteiger partial charge in [0.25, 0.3) is 0 Å². The Hall–Kier alpha value is 0.0100. The molecule has 19 heavy (non-hydrogen) atoms. The molecule has 1 aliphatic heterocycles. The van der Waals surface area contributed by atoms with E-state index in [4.69, 9.17) is 0 Å². The van der Waals surface area contributed by atoms with Crippen molar-refractivity contribution < 1.29 is 0 Å². The van der Waals surface area contributed by atoms with Crippen LogP contribution in [0.3, 0.4) is 0 Å². The third-order valence-electron chi connectivity index (χ3n) is 4.55. The zero-order valence-electron chi connectivity index (χ0n) is 12.8. The van der Waals surface area contributed by atoms with Crippen molar-refractivity contribution >= 4 is 11.8 Å².